The lowest BCUT2D eigenvalue weighted by atomic mass is 10.2. The molecule has 0 spiro atoms. The van der Waals surface area contributed by atoms with E-state index in [1.807, 2.05) is 0 Å². The van der Waals surface area contributed by atoms with Crippen molar-refractivity contribution in [3.63, 3.8) is 0 Å². The summed E-state index contributed by atoms with van der Waals surface area (Å²) in [4.78, 5) is 42.4. The molecule has 0 bridgehead atoms. The highest BCUT2D eigenvalue weighted by Gasteiger charge is 2.06. The minimum Gasteiger partial charge on any atom is -0.463 e. The zero-order valence-corrected chi connectivity index (χ0v) is 16.2. The van der Waals surface area contributed by atoms with E-state index >= 15 is 0 Å². The van der Waals surface area contributed by atoms with Gasteiger partial charge in [0.25, 0.3) is 0 Å². The van der Waals surface area contributed by atoms with E-state index in [2.05, 4.69) is 13.8 Å². The van der Waals surface area contributed by atoms with Crippen molar-refractivity contribution in [2.45, 2.75) is 65.2 Å². The van der Waals surface area contributed by atoms with Crippen molar-refractivity contribution in [3.8, 4) is 0 Å². The number of carbonyl (C=O) groups excluding carboxylic acids is 2. The summed E-state index contributed by atoms with van der Waals surface area (Å²) in [7, 11) is 0. The smallest absolute Gasteiger partial charge is 0.305 e. The summed E-state index contributed by atoms with van der Waals surface area (Å²) < 4.78 is 9.97. The third-order valence-electron chi connectivity index (χ3n) is 3.20. The molecule has 0 aliphatic rings. The van der Waals surface area contributed by atoms with Crippen LogP contribution in [0.5, 0.6) is 0 Å². The first-order valence-electron chi connectivity index (χ1n) is 9.50. The van der Waals surface area contributed by atoms with Crippen LogP contribution >= 0.6 is 0 Å². The van der Waals surface area contributed by atoms with Gasteiger partial charge in [-0.3, -0.25) is 9.59 Å². The Hall–Kier alpha value is -1.22. The third kappa shape index (κ3) is 19.1. The Bertz CT molecular complexity index is 303. The van der Waals surface area contributed by atoms with Crippen LogP contribution in [0.25, 0.3) is 0 Å². The van der Waals surface area contributed by atoms with Crippen LogP contribution in [0.2, 0.25) is 0 Å². The van der Waals surface area contributed by atoms with E-state index in [1.165, 1.54) is 0 Å². The third-order valence-corrected chi connectivity index (χ3v) is 3.20. The summed E-state index contributed by atoms with van der Waals surface area (Å²) >= 11 is 0. The van der Waals surface area contributed by atoms with Gasteiger partial charge in [-0.05, 0) is 25.7 Å². The zero-order valence-electron chi connectivity index (χ0n) is 16.2. The van der Waals surface area contributed by atoms with Crippen LogP contribution in [-0.2, 0) is 38.6 Å². The van der Waals surface area contributed by atoms with Crippen LogP contribution in [-0.4, -0.2) is 51.6 Å². The summed E-state index contributed by atoms with van der Waals surface area (Å²) in [5.41, 5.74) is 0. The van der Waals surface area contributed by atoms with Crippen molar-refractivity contribution < 1.29 is 38.6 Å². The number of rotatable bonds is 19. The molecule has 0 atom stereocenters. The highest BCUT2D eigenvalue weighted by molar-refractivity contribution is 5.70. The Kier molecular flexibility index (Phi) is 19.2. The van der Waals surface area contributed by atoms with Crippen LogP contribution in [0.1, 0.15) is 65.2 Å². The monoisotopic (exact) mass is 378 g/mol. The van der Waals surface area contributed by atoms with Crippen LogP contribution in [0.3, 0.4) is 0 Å². The van der Waals surface area contributed by atoms with E-state index in [9.17, 15) is 9.59 Å². The highest BCUT2D eigenvalue weighted by Crippen LogP contribution is 2.03. The predicted molar refractivity (Wildman–Crippen MR) is 94.0 cm³/mol. The van der Waals surface area contributed by atoms with Crippen LogP contribution in [0.4, 0.5) is 0 Å². The Balaban J connectivity index is 3.31. The SMILES string of the molecule is CCCCOOCCOC(=O)CCCCC(=O)OCCOOCCCC. The minimum atomic E-state index is -0.312. The molecule has 0 aromatic rings. The molecule has 0 aromatic carbocycles. The lowest BCUT2D eigenvalue weighted by Gasteiger charge is -2.06. The van der Waals surface area contributed by atoms with Gasteiger partial charge in [0.2, 0.25) is 0 Å². The second-order valence-electron chi connectivity index (χ2n) is 5.64. The molecule has 0 saturated carbocycles. The van der Waals surface area contributed by atoms with Gasteiger partial charge in [0.05, 0.1) is 13.2 Å². The summed E-state index contributed by atoms with van der Waals surface area (Å²) in [6.07, 6.45) is 5.60. The van der Waals surface area contributed by atoms with E-state index in [4.69, 9.17) is 29.0 Å². The normalized spacial score (nSPS) is 10.7. The van der Waals surface area contributed by atoms with Crippen molar-refractivity contribution in [3.05, 3.63) is 0 Å². The fourth-order valence-corrected chi connectivity index (χ4v) is 1.70. The number of ether oxygens (including phenoxy) is 2. The zero-order chi connectivity index (χ0) is 19.3. The molecule has 154 valence electrons. The van der Waals surface area contributed by atoms with Crippen LogP contribution in [0, 0.1) is 0 Å². The maximum absolute atomic E-state index is 11.5. The fraction of sp³-hybridized carbons (Fsp3) is 0.889. The number of hydrogen-bond donors (Lipinski definition) is 0. The Morgan fingerprint density at radius 1 is 0.538 bits per heavy atom. The van der Waals surface area contributed by atoms with E-state index in [0.29, 0.717) is 26.1 Å². The Morgan fingerprint density at radius 3 is 1.31 bits per heavy atom. The summed E-state index contributed by atoms with van der Waals surface area (Å²) in [6.45, 7) is 5.95. The lowest BCUT2D eigenvalue weighted by molar-refractivity contribution is -0.298. The van der Waals surface area contributed by atoms with E-state index in [-0.39, 0.29) is 51.2 Å². The fourth-order valence-electron chi connectivity index (χ4n) is 1.70. The van der Waals surface area contributed by atoms with E-state index < -0.39 is 0 Å². The van der Waals surface area contributed by atoms with Gasteiger partial charge in [0, 0.05) is 12.8 Å². The molecule has 0 aromatic heterocycles. The second-order valence-corrected chi connectivity index (χ2v) is 5.64. The number of hydrogen-bond acceptors (Lipinski definition) is 8. The number of unbranched alkanes of at least 4 members (excludes halogenated alkanes) is 3. The van der Waals surface area contributed by atoms with Gasteiger partial charge in [0.15, 0.2) is 0 Å². The standard InChI is InChI=1S/C18H34O8/c1-3-5-11-23-25-15-13-21-17(19)9-7-8-10-18(20)22-14-16-26-24-12-6-4-2/h3-16H2,1-2H3. The Labute approximate surface area is 156 Å². The number of carbonyl (C=O) groups is 2. The number of esters is 2. The first-order chi connectivity index (χ1) is 12.7. The van der Waals surface area contributed by atoms with E-state index in [1.54, 1.807) is 0 Å². The van der Waals surface area contributed by atoms with Crippen molar-refractivity contribution in [2.24, 2.45) is 0 Å². The molecule has 0 amide bonds. The molecule has 0 saturated heterocycles. The van der Waals surface area contributed by atoms with Gasteiger partial charge < -0.3 is 9.47 Å². The van der Waals surface area contributed by atoms with Crippen molar-refractivity contribution in [2.75, 3.05) is 39.6 Å². The molecular formula is C18H34O8. The summed E-state index contributed by atoms with van der Waals surface area (Å²) in [5.74, 6) is -0.624. The topological polar surface area (TPSA) is 89.5 Å². The summed E-state index contributed by atoms with van der Waals surface area (Å²) in [5, 5.41) is 0. The molecule has 0 N–H and O–H groups in total. The molecule has 0 aliphatic carbocycles. The van der Waals surface area contributed by atoms with Crippen LogP contribution in [0.15, 0.2) is 0 Å². The van der Waals surface area contributed by atoms with Gasteiger partial charge in [-0.2, -0.15) is 0 Å². The first-order valence-corrected chi connectivity index (χ1v) is 9.50. The first kappa shape index (κ1) is 24.8. The Morgan fingerprint density at radius 2 is 0.923 bits per heavy atom. The molecule has 0 radical (unpaired) electrons. The molecule has 0 aliphatic heterocycles. The quantitative estimate of drug-likeness (QED) is 0.147. The molecule has 26 heavy (non-hydrogen) atoms. The molecule has 0 fully saturated rings. The lowest BCUT2D eigenvalue weighted by Crippen LogP contribution is -2.12. The van der Waals surface area contributed by atoms with Gasteiger partial charge in [-0.25, -0.2) is 19.6 Å². The predicted octanol–water partition coefficient (Wildman–Crippen LogP) is 3.13. The molecular weight excluding hydrogens is 344 g/mol. The van der Waals surface area contributed by atoms with Gasteiger partial charge in [-0.1, -0.05) is 26.7 Å². The highest BCUT2D eigenvalue weighted by atomic mass is 17.2. The maximum atomic E-state index is 11.5. The minimum absolute atomic E-state index is 0.160. The average molecular weight is 378 g/mol. The van der Waals surface area contributed by atoms with Gasteiger partial charge >= 0.3 is 11.9 Å². The summed E-state index contributed by atoms with van der Waals surface area (Å²) in [6, 6.07) is 0. The largest absolute Gasteiger partial charge is 0.463 e. The van der Waals surface area contributed by atoms with Crippen LogP contribution < -0.4 is 0 Å². The maximum Gasteiger partial charge on any atom is 0.305 e. The van der Waals surface area contributed by atoms with E-state index in [0.717, 1.165) is 25.7 Å². The molecule has 8 nitrogen and oxygen atoms in total. The molecule has 8 heteroatoms. The second kappa shape index (κ2) is 20.1. The average Bonchev–Trinajstić information content (AvgIpc) is 2.64. The van der Waals surface area contributed by atoms with Crippen molar-refractivity contribution >= 4 is 11.9 Å². The molecule has 0 rings (SSSR count). The molecule has 0 unspecified atom stereocenters. The van der Waals surface area contributed by atoms with Crippen molar-refractivity contribution in [1.29, 1.82) is 0 Å². The van der Waals surface area contributed by atoms with Gasteiger partial charge in [-0.15, -0.1) is 0 Å². The van der Waals surface area contributed by atoms with Gasteiger partial charge in [0.1, 0.15) is 26.4 Å². The van der Waals surface area contributed by atoms with Crippen molar-refractivity contribution in [1.82, 2.24) is 0 Å². The molecule has 0 heterocycles.